The fraction of sp³-hybridized carbons (Fsp3) is 0.300. The predicted molar refractivity (Wildman–Crippen MR) is 162 cm³/mol. The van der Waals surface area contributed by atoms with Crippen molar-refractivity contribution >= 4 is 74.2 Å². The minimum Gasteiger partial charge on any atom is -0.492 e. The molecule has 0 saturated carbocycles. The van der Waals surface area contributed by atoms with Gasteiger partial charge in [0.2, 0.25) is 11.8 Å². The predicted octanol–water partition coefficient (Wildman–Crippen LogP) is 7.22. The number of hydrogen-bond donors (Lipinski definition) is 2. The number of amides is 2. The third-order valence-corrected chi connectivity index (χ3v) is 9.00. The van der Waals surface area contributed by atoms with Crippen LogP contribution < -0.4 is 15.4 Å². The molecule has 3 unspecified atom stereocenters. The first-order valence-corrected chi connectivity index (χ1v) is 14.7. The van der Waals surface area contributed by atoms with Gasteiger partial charge in [0.1, 0.15) is 17.8 Å². The Morgan fingerprint density at radius 1 is 1.02 bits per heavy atom. The molecule has 1 saturated heterocycles. The largest absolute Gasteiger partial charge is 0.492 e. The van der Waals surface area contributed by atoms with Crippen molar-refractivity contribution in [3.05, 3.63) is 90.8 Å². The van der Waals surface area contributed by atoms with Crippen molar-refractivity contribution < 1.29 is 23.9 Å². The van der Waals surface area contributed by atoms with Crippen molar-refractivity contribution in [1.29, 1.82) is 0 Å². The Bertz CT molecular complexity index is 1580. The number of esters is 1. The van der Waals surface area contributed by atoms with E-state index in [-0.39, 0.29) is 24.8 Å². The molecular formula is C30H26BrCl3N2O5. The van der Waals surface area contributed by atoms with Crippen LogP contribution in [0.3, 0.4) is 0 Å². The van der Waals surface area contributed by atoms with Gasteiger partial charge in [-0.25, -0.2) is 0 Å². The van der Waals surface area contributed by atoms with Crippen LogP contribution in [0.5, 0.6) is 5.75 Å². The summed E-state index contributed by atoms with van der Waals surface area (Å²) in [4.78, 5) is 40.1. The summed E-state index contributed by atoms with van der Waals surface area (Å²) in [5.74, 6) is -1.36. The van der Waals surface area contributed by atoms with Crippen LogP contribution in [0.2, 0.25) is 15.1 Å². The van der Waals surface area contributed by atoms with E-state index in [1.807, 2.05) is 0 Å². The minimum atomic E-state index is -1.36. The Morgan fingerprint density at radius 3 is 2.46 bits per heavy atom. The van der Waals surface area contributed by atoms with Gasteiger partial charge in [0.15, 0.2) is 0 Å². The molecule has 0 aliphatic carbocycles. The number of nitrogens with one attached hydrogen (secondary N) is 2. The second kappa shape index (κ2) is 11.1. The first kappa shape index (κ1) is 29.7. The Labute approximate surface area is 261 Å². The lowest BCUT2D eigenvalue weighted by Crippen LogP contribution is -2.57. The summed E-state index contributed by atoms with van der Waals surface area (Å²) in [5, 5.41) is 7.34. The Morgan fingerprint density at radius 2 is 1.73 bits per heavy atom. The molecule has 2 aliphatic heterocycles. The zero-order chi connectivity index (χ0) is 29.7. The molecule has 0 radical (unpaired) electrons. The number of anilines is 1. The number of methoxy groups -OCH3 is 1. The van der Waals surface area contributed by atoms with E-state index in [0.717, 1.165) is 0 Å². The first-order valence-electron chi connectivity index (χ1n) is 12.7. The number of ether oxygens (including phenoxy) is 2. The monoisotopic (exact) mass is 678 g/mol. The van der Waals surface area contributed by atoms with Crippen molar-refractivity contribution in [2.75, 3.05) is 19.0 Å². The molecule has 214 valence electrons. The normalized spacial score (nSPS) is 21.7. The molecule has 41 heavy (non-hydrogen) atoms. The van der Waals surface area contributed by atoms with Crippen molar-refractivity contribution in [3.63, 3.8) is 0 Å². The molecule has 3 aromatic rings. The maximum Gasteiger partial charge on any atom is 0.314 e. The number of hydrogen-bond acceptors (Lipinski definition) is 5. The van der Waals surface area contributed by atoms with Gasteiger partial charge in [0.25, 0.3) is 0 Å². The van der Waals surface area contributed by atoms with Gasteiger partial charge in [0.05, 0.1) is 18.6 Å². The van der Waals surface area contributed by atoms with Crippen LogP contribution in [0.1, 0.15) is 48.9 Å². The third-order valence-electron chi connectivity index (χ3n) is 7.69. The van der Waals surface area contributed by atoms with Crippen molar-refractivity contribution in [1.82, 2.24) is 5.32 Å². The number of fused-ring (bicyclic) bond motifs is 2. The summed E-state index contributed by atoms with van der Waals surface area (Å²) in [6.45, 7) is 3.41. The van der Waals surface area contributed by atoms with Crippen LogP contribution in [-0.4, -0.2) is 31.5 Å². The van der Waals surface area contributed by atoms with Crippen LogP contribution in [0.15, 0.2) is 59.1 Å². The van der Waals surface area contributed by atoms with Gasteiger partial charge in [0, 0.05) is 43.1 Å². The summed E-state index contributed by atoms with van der Waals surface area (Å²) in [7, 11) is 1.32. The van der Waals surface area contributed by atoms with Gasteiger partial charge in [-0.2, -0.15) is 0 Å². The smallest absolute Gasteiger partial charge is 0.314 e. The lowest BCUT2D eigenvalue weighted by atomic mass is 9.59. The Kier molecular flexibility index (Phi) is 8.07. The standard InChI is InChI=1S/C30H26BrCl3N2O5/c1-29(2,28(39)40-3)14-41-24-9-4-15(31)10-19(24)26-30(20-7-5-17(33)12-23(20)35-27(30)38)21(13-25(37)36-26)18-11-16(32)6-8-22(18)34/h4-12,21,26H,13-14H2,1-3H3,(H,35,38)(H,36,37). The van der Waals surface area contributed by atoms with Crippen LogP contribution in [0.4, 0.5) is 5.69 Å². The van der Waals surface area contributed by atoms with Crippen LogP contribution in [0.25, 0.3) is 0 Å². The first-order chi connectivity index (χ1) is 19.4. The Hall–Kier alpha value is -2.78. The van der Waals surface area contributed by atoms with E-state index in [1.54, 1.807) is 68.4 Å². The van der Waals surface area contributed by atoms with E-state index in [1.165, 1.54) is 7.11 Å². The van der Waals surface area contributed by atoms with Crippen LogP contribution >= 0.6 is 50.7 Å². The van der Waals surface area contributed by atoms with Crippen LogP contribution in [0, 0.1) is 5.41 Å². The molecule has 7 nitrogen and oxygen atoms in total. The van der Waals surface area contributed by atoms with E-state index in [4.69, 9.17) is 44.3 Å². The summed E-state index contributed by atoms with van der Waals surface area (Å²) in [5.41, 5.74) is -0.0264. The lowest BCUT2D eigenvalue weighted by molar-refractivity contribution is -0.152. The van der Waals surface area contributed by atoms with Gasteiger partial charge < -0.3 is 20.1 Å². The lowest BCUT2D eigenvalue weighted by Gasteiger charge is -2.47. The van der Waals surface area contributed by atoms with Crippen molar-refractivity contribution in [3.8, 4) is 5.75 Å². The van der Waals surface area contributed by atoms with Gasteiger partial charge >= 0.3 is 5.97 Å². The van der Waals surface area contributed by atoms with E-state index >= 15 is 0 Å². The topological polar surface area (TPSA) is 93.7 Å². The second-order valence-corrected chi connectivity index (χ2v) is 13.0. The maximum absolute atomic E-state index is 14.3. The molecular weight excluding hydrogens is 655 g/mol. The maximum atomic E-state index is 14.3. The number of piperidine rings is 1. The SMILES string of the molecule is COC(=O)C(C)(C)COc1ccc(Br)cc1C1NC(=O)CC(c2cc(Cl)ccc2Cl)C12C(=O)Nc1cc(Cl)ccc12. The van der Waals surface area contributed by atoms with Crippen LogP contribution in [-0.2, 0) is 24.5 Å². The molecule has 0 aromatic heterocycles. The van der Waals surface area contributed by atoms with Gasteiger partial charge in [-0.05, 0) is 73.5 Å². The molecule has 3 atom stereocenters. The summed E-state index contributed by atoms with van der Waals surface area (Å²) >= 11 is 23.0. The highest BCUT2D eigenvalue weighted by atomic mass is 79.9. The van der Waals surface area contributed by atoms with Gasteiger partial charge in [-0.3, -0.25) is 14.4 Å². The Balaban J connectivity index is 1.75. The summed E-state index contributed by atoms with van der Waals surface area (Å²) < 4.78 is 11.9. The van der Waals surface area contributed by atoms with E-state index in [9.17, 15) is 14.4 Å². The number of halogens is 4. The van der Waals surface area contributed by atoms with E-state index in [2.05, 4.69) is 26.6 Å². The molecule has 1 fully saturated rings. The van der Waals surface area contributed by atoms with Crippen molar-refractivity contribution in [2.45, 2.75) is 37.6 Å². The second-order valence-electron chi connectivity index (χ2n) is 10.8. The molecule has 2 aliphatic rings. The highest BCUT2D eigenvalue weighted by Gasteiger charge is 2.62. The molecule has 1 spiro atoms. The fourth-order valence-corrected chi connectivity index (χ4v) is 6.75. The number of carbonyl (C=O) groups is 3. The zero-order valence-electron chi connectivity index (χ0n) is 22.3. The highest BCUT2D eigenvalue weighted by Crippen LogP contribution is 2.59. The van der Waals surface area contributed by atoms with Gasteiger partial charge in [-0.15, -0.1) is 0 Å². The molecule has 2 N–H and O–H groups in total. The highest BCUT2D eigenvalue weighted by molar-refractivity contribution is 9.10. The molecule has 2 amide bonds. The molecule has 11 heteroatoms. The van der Waals surface area contributed by atoms with E-state index in [0.29, 0.717) is 47.7 Å². The molecule has 0 bridgehead atoms. The number of benzene rings is 3. The number of carbonyl (C=O) groups excluding carboxylic acids is 3. The number of rotatable bonds is 6. The quantitative estimate of drug-likeness (QED) is 0.268. The average molecular weight is 681 g/mol. The molecule has 5 rings (SSSR count). The van der Waals surface area contributed by atoms with Crippen molar-refractivity contribution in [2.24, 2.45) is 5.41 Å². The zero-order valence-corrected chi connectivity index (χ0v) is 26.2. The molecule has 2 heterocycles. The summed E-state index contributed by atoms with van der Waals surface area (Å²) in [6, 6.07) is 14.6. The fourth-order valence-electron chi connectivity index (χ4n) is 5.77. The van der Waals surface area contributed by atoms with E-state index < -0.39 is 28.8 Å². The average Bonchev–Trinajstić information content (AvgIpc) is 3.20. The minimum absolute atomic E-state index is 0.0100. The summed E-state index contributed by atoms with van der Waals surface area (Å²) in [6.07, 6.45) is -0.0222. The third kappa shape index (κ3) is 5.20. The molecule has 3 aromatic carbocycles. The van der Waals surface area contributed by atoms with Gasteiger partial charge in [-0.1, -0.05) is 56.8 Å².